The van der Waals surface area contributed by atoms with Gasteiger partial charge in [0, 0.05) is 6.61 Å². The zero-order valence-corrected chi connectivity index (χ0v) is 25.4. The van der Waals surface area contributed by atoms with Crippen molar-refractivity contribution in [3.8, 4) is 0 Å². The summed E-state index contributed by atoms with van der Waals surface area (Å²) in [6.45, 7) is 2.68. The van der Waals surface area contributed by atoms with E-state index in [-0.39, 0.29) is 0 Å². The Morgan fingerprint density at radius 1 is 0.270 bits per heavy atom. The Kier molecular flexibility index (Phi) is 34.4. The molecule has 0 unspecified atom stereocenters. The van der Waals surface area contributed by atoms with Crippen LogP contribution in [-0.2, 0) is 0 Å². The Morgan fingerprint density at radius 3 is 0.595 bits per heavy atom. The molecule has 1 rings (SSSR count). The molecule has 0 radical (unpaired) electrons. The predicted octanol–water partition coefficient (Wildman–Crippen LogP) is 12.6. The topological polar surface area (TPSA) is 20.2 Å². The molecular formula is C36H68O. The van der Waals surface area contributed by atoms with Crippen LogP contribution in [0.3, 0.4) is 0 Å². The van der Waals surface area contributed by atoms with Crippen LogP contribution in [0.5, 0.6) is 0 Å². The third-order valence-electron chi connectivity index (χ3n) is 7.68. The molecule has 1 aromatic rings. The maximum atomic E-state index is 8.76. The number of benzene rings is 1. The summed E-state index contributed by atoms with van der Waals surface area (Å²) in [4.78, 5) is 0. The van der Waals surface area contributed by atoms with Gasteiger partial charge in [-0.15, -0.1) is 0 Å². The number of aliphatic hydroxyl groups is 1. The Balaban J connectivity index is 0.00000187. The van der Waals surface area contributed by atoms with Crippen LogP contribution in [0, 0.1) is 0 Å². The quantitative estimate of drug-likeness (QED) is 0.110. The molecule has 0 saturated heterocycles. The van der Waals surface area contributed by atoms with Crippen LogP contribution in [-0.4, -0.2) is 11.7 Å². The van der Waals surface area contributed by atoms with Gasteiger partial charge in [0.05, 0.1) is 0 Å². The van der Waals surface area contributed by atoms with Gasteiger partial charge in [-0.05, 0) is 6.42 Å². The molecular weight excluding hydrogens is 448 g/mol. The third-order valence-corrected chi connectivity index (χ3v) is 7.68. The van der Waals surface area contributed by atoms with Crippen molar-refractivity contribution in [3.05, 3.63) is 36.4 Å². The molecule has 218 valence electrons. The van der Waals surface area contributed by atoms with Gasteiger partial charge in [-0.2, -0.15) is 0 Å². The summed E-state index contributed by atoms with van der Waals surface area (Å²) in [5, 5.41) is 8.76. The normalized spacial score (nSPS) is 10.9. The van der Waals surface area contributed by atoms with E-state index in [4.69, 9.17) is 5.11 Å². The summed E-state index contributed by atoms with van der Waals surface area (Å²) < 4.78 is 0. The van der Waals surface area contributed by atoms with Crippen molar-refractivity contribution in [1.29, 1.82) is 0 Å². The molecule has 1 aromatic carbocycles. The van der Waals surface area contributed by atoms with Crippen molar-refractivity contribution in [1.82, 2.24) is 0 Å². The monoisotopic (exact) mass is 517 g/mol. The fourth-order valence-electron chi connectivity index (χ4n) is 5.17. The van der Waals surface area contributed by atoms with E-state index in [1.807, 2.05) is 36.4 Å². The molecule has 0 aromatic heterocycles. The molecule has 0 fully saturated rings. The molecule has 0 aliphatic heterocycles. The van der Waals surface area contributed by atoms with Gasteiger partial charge >= 0.3 is 0 Å². The molecule has 0 aliphatic carbocycles. The van der Waals surface area contributed by atoms with Crippen molar-refractivity contribution < 1.29 is 5.11 Å². The van der Waals surface area contributed by atoms with Crippen LogP contribution in [0.15, 0.2) is 36.4 Å². The second kappa shape index (κ2) is 35.2. The van der Waals surface area contributed by atoms with Gasteiger partial charge in [0.15, 0.2) is 0 Å². The molecule has 0 aliphatic rings. The number of aliphatic hydroxyl groups excluding tert-OH is 1. The van der Waals surface area contributed by atoms with Crippen LogP contribution in [0.2, 0.25) is 0 Å². The fourth-order valence-corrected chi connectivity index (χ4v) is 5.17. The highest BCUT2D eigenvalue weighted by atomic mass is 16.2. The van der Waals surface area contributed by atoms with Gasteiger partial charge in [0.25, 0.3) is 0 Å². The van der Waals surface area contributed by atoms with E-state index in [0.717, 1.165) is 6.42 Å². The number of rotatable bonds is 28. The Hall–Kier alpha value is -0.820. The fraction of sp³-hybridized carbons (Fsp3) is 0.833. The zero-order valence-electron chi connectivity index (χ0n) is 25.4. The SMILES string of the molecule is CCCCCCCCCCCCCCCCCCCCCCCCCCCCCCO.c1ccccc1. The van der Waals surface area contributed by atoms with Crippen LogP contribution < -0.4 is 0 Å². The summed E-state index contributed by atoms with van der Waals surface area (Å²) in [6.07, 6.45) is 40.1. The van der Waals surface area contributed by atoms with Crippen molar-refractivity contribution in [2.45, 2.75) is 187 Å². The molecule has 1 N–H and O–H groups in total. The number of unbranched alkanes of at least 4 members (excludes halogenated alkanes) is 27. The largest absolute Gasteiger partial charge is 0.396 e. The Bertz CT molecular complexity index is 416. The van der Waals surface area contributed by atoms with Crippen LogP contribution in [0.4, 0.5) is 0 Å². The second-order valence-corrected chi connectivity index (χ2v) is 11.4. The van der Waals surface area contributed by atoms with Gasteiger partial charge in [0.2, 0.25) is 0 Å². The Labute approximate surface area is 234 Å². The van der Waals surface area contributed by atoms with Crippen molar-refractivity contribution in [2.75, 3.05) is 6.61 Å². The molecule has 1 heteroatoms. The van der Waals surface area contributed by atoms with Crippen molar-refractivity contribution >= 4 is 0 Å². The lowest BCUT2D eigenvalue weighted by atomic mass is 10.0. The summed E-state index contributed by atoms with van der Waals surface area (Å²) in [6, 6.07) is 12.0. The van der Waals surface area contributed by atoms with Crippen molar-refractivity contribution in [2.24, 2.45) is 0 Å². The van der Waals surface area contributed by atoms with Crippen LogP contribution >= 0.6 is 0 Å². The first kappa shape index (κ1) is 36.2. The molecule has 0 heterocycles. The minimum absolute atomic E-state index is 0.374. The predicted molar refractivity (Wildman–Crippen MR) is 168 cm³/mol. The molecule has 0 atom stereocenters. The van der Waals surface area contributed by atoms with Crippen LogP contribution in [0.1, 0.15) is 187 Å². The molecule has 1 nitrogen and oxygen atoms in total. The standard InChI is InChI=1S/C30H62O.C6H6/c1-2-3-4-5-6-7-8-9-10-11-12-13-14-15-16-17-18-19-20-21-22-23-24-25-26-27-28-29-30-31;1-2-4-6-5-3-1/h31H,2-30H2,1H3;1-6H. The van der Waals surface area contributed by atoms with Gasteiger partial charge < -0.3 is 5.11 Å². The number of hydrogen-bond donors (Lipinski definition) is 1. The van der Waals surface area contributed by atoms with Gasteiger partial charge in [0.1, 0.15) is 0 Å². The highest BCUT2D eigenvalue weighted by Crippen LogP contribution is 2.16. The molecule has 0 spiro atoms. The van der Waals surface area contributed by atoms with E-state index in [1.165, 1.54) is 173 Å². The zero-order chi connectivity index (χ0) is 26.7. The maximum absolute atomic E-state index is 8.76. The lowest BCUT2D eigenvalue weighted by Gasteiger charge is -2.04. The molecule has 0 saturated carbocycles. The average molecular weight is 517 g/mol. The van der Waals surface area contributed by atoms with Gasteiger partial charge in [-0.1, -0.05) is 217 Å². The number of hydrogen-bond acceptors (Lipinski definition) is 1. The molecule has 0 amide bonds. The first-order chi connectivity index (χ1) is 18.4. The Morgan fingerprint density at radius 2 is 0.432 bits per heavy atom. The summed E-state index contributed by atoms with van der Waals surface area (Å²) in [5.74, 6) is 0. The molecule has 0 bridgehead atoms. The van der Waals surface area contributed by atoms with E-state index in [1.54, 1.807) is 0 Å². The van der Waals surface area contributed by atoms with Gasteiger partial charge in [-0.3, -0.25) is 0 Å². The smallest absolute Gasteiger partial charge is 0.0431 e. The minimum atomic E-state index is 0.374. The first-order valence-electron chi connectivity index (χ1n) is 17.0. The van der Waals surface area contributed by atoms with E-state index in [2.05, 4.69) is 6.92 Å². The van der Waals surface area contributed by atoms with Crippen molar-refractivity contribution in [3.63, 3.8) is 0 Å². The third kappa shape index (κ3) is 35.2. The van der Waals surface area contributed by atoms with E-state index in [9.17, 15) is 0 Å². The maximum Gasteiger partial charge on any atom is 0.0431 e. The highest BCUT2D eigenvalue weighted by molar-refractivity contribution is 4.99. The van der Waals surface area contributed by atoms with E-state index >= 15 is 0 Å². The highest BCUT2D eigenvalue weighted by Gasteiger charge is 1.96. The molecule has 37 heavy (non-hydrogen) atoms. The van der Waals surface area contributed by atoms with Crippen LogP contribution in [0.25, 0.3) is 0 Å². The van der Waals surface area contributed by atoms with E-state index in [0.29, 0.717) is 6.61 Å². The lowest BCUT2D eigenvalue weighted by Crippen LogP contribution is -1.85. The van der Waals surface area contributed by atoms with Gasteiger partial charge in [-0.25, -0.2) is 0 Å². The summed E-state index contributed by atoms with van der Waals surface area (Å²) in [5.41, 5.74) is 0. The summed E-state index contributed by atoms with van der Waals surface area (Å²) in [7, 11) is 0. The average Bonchev–Trinajstić information content (AvgIpc) is 2.94. The van der Waals surface area contributed by atoms with E-state index < -0.39 is 0 Å². The minimum Gasteiger partial charge on any atom is -0.396 e. The second-order valence-electron chi connectivity index (χ2n) is 11.4. The first-order valence-corrected chi connectivity index (χ1v) is 17.0. The summed E-state index contributed by atoms with van der Waals surface area (Å²) >= 11 is 0. The lowest BCUT2D eigenvalue weighted by molar-refractivity contribution is 0.282.